The number of carboxylic acid groups (broad SMARTS) is 1. The van der Waals surface area contributed by atoms with Gasteiger partial charge in [0.1, 0.15) is 5.82 Å². The van der Waals surface area contributed by atoms with Gasteiger partial charge in [0.25, 0.3) is 0 Å². The van der Waals surface area contributed by atoms with Gasteiger partial charge in [0.15, 0.2) is 0 Å². The lowest BCUT2D eigenvalue weighted by molar-refractivity contribution is 0.143. The van der Waals surface area contributed by atoms with Crippen LogP contribution in [-0.2, 0) is 0 Å². The molecule has 0 saturated heterocycles. The zero-order valence-corrected chi connectivity index (χ0v) is 6.95. The minimum absolute atomic E-state index is 0.0816. The van der Waals surface area contributed by atoms with E-state index >= 15 is 0 Å². The summed E-state index contributed by atoms with van der Waals surface area (Å²) in [7, 11) is 0. The topological polar surface area (TPSA) is 62.3 Å². The highest BCUT2D eigenvalue weighted by Crippen LogP contribution is 2.21. The smallest absolute Gasteiger partial charge is 0.449 e. The molecule has 72 valence electrons. The van der Waals surface area contributed by atoms with E-state index < -0.39 is 6.16 Å². The van der Waals surface area contributed by atoms with Crippen molar-refractivity contribution in [3.05, 3.63) is 30.1 Å². The zero-order valence-electron chi connectivity index (χ0n) is 6.95. The SMILES string of the molecule is O=C(O)Oc1cc2cc(F)ccc2[nH]1. The Morgan fingerprint density at radius 3 is 2.93 bits per heavy atom. The first-order valence-electron chi connectivity index (χ1n) is 3.84. The zero-order chi connectivity index (χ0) is 10.1. The predicted octanol–water partition coefficient (Wildman–Crippen LogP) is 2.36. The maximum Gasteiger partial charge on any atom is 0.512 e. The summed E-state index contributed by atoms with van der Waals surface area (Å²) in [6, 6.07) is 5.51. The van der Waals surface area contributed by atoms with Crippen molar-refractivity contribution in [2.45, 2.75) is 0 Å². The molecule has 5 heteroatoms. The molecule has 1 aromatic carbocycles. The third-order valence-corrected chi connectivity index (χ3v) is 1.76. The number of benzene rings is 1. The average molecular weight is 195 g/mol. The maximum absolute atomic E-state index is 12.7. The first-order chi connectivity index (χ1) is 6.65. The van der Waals surface area contributed by atoms with E-state index in [2.05, 4.69) is 9.72 Å². The molecule has 0 aliphatic heterocycles. The van der Waals surface area contributed by atoms with Crippen LogP contribution in [0.1, 0.15) is 0 Å². The van der Waals surface area contributed by atoms with E-state index in [0.717, 1.165) is 0 Å². The molecule has 0 atom stereocenters. The van der Waals surface area contributed by atoms with Gasteiger partial charge in [0, 0.05) is 17.0 Å². The van der Waals surface area contributed by atoms with Crippen molar-refractivity contribution in [1.29, 1.82) is 0 Å². The van der Waals surface area contributed by atoms with Gasteiger partial charge in [0.2, 0.25) is 5.88 Å². The van der Waals surface area contributed by atoms with Crippen LogP contribution in [0.5, 0.6) is 5.88 Å². The largest absolute Gasteiger partial charge is 0.512 e. The van der Waals surface area contributed by atoms with Gasteiger partial charge in [-0.05, 0) is 18.2 Å². The molecule has 2 rings (SSSR count). The molecule has 4 nitrogen and oxygen atoms in total. The van der Waals surface area contributed by atoms with Gasteiger partial charge < -0.3 is 14.8 Å². The van der Waals surface area contributed by atoms with Gasteiger partial charge in [-0.15, -0.1) is 0 Å². The number of ether oxygens (including phenoxy) is 1. The fraction of sp³-hybridized carbons (Fsp3) is 0. The molecular formula is C9H6FNO3. The van der Waals surface area contributed by atoms with Crippen molar-refractivity contribution >= 4 is 17.1 Å². The normalized spacial score (nSPS) is 10.4. The molecule has 0 amide bonds. The minimum Gasteiger partial charge on any atom is -0.449 e. The number of halogens is 1. The minimum atomic E-state index is -1.41. The number of carbonyl (C=O) groups is 1. The van der Waals surface area contributed by atoms with Crippen LogP contribution in [0.15, 0.2) is 24.3 Å². The third-order valence-electron chi connectivity index (χ3n) is 1.76. The van der Waals surface area contributed by atoms with Crippen LogP contribution >= 0.6 is 0 Å². The Morgan fingerprint density at radius 1 is 1.43 bits per heavy atom. The number of H-pyrrole nitrogens is 1. The Balaban J connectivity index is 2.46. The standard InChI is InChI=1S/C9H6FNO3/c10-6-1-2-7-5(3-6)4-8(11-7)14-9(12)13/h1-4,11H,(H,12,13). The quantitative estimate of drug-likeness (QED) is 0.686. The van der Waals surface area contributed by atoms with Gasteiger partial charge in [-0.3, -0.25) is 0 Å². The van der Waals surface area contributed by atoms with Gasteiger partial charge in [-0.2, -0.15) is 0 Å². The maximum atomic E-state index is 12.7. The predicted molar refractivity (Wildman–Crippen MR) is 46.9 cm³/mol. The molecule has 0 radical (unpaired) electrons. The van der Waals surface area contributed by atoms with Crippen LogP contribution in [0, 0.1) is 5.82 Å². The second-order valence-corrected chi connectivity index (χ2v) is 2.73. The summed E-state index contributed by atoms with van der Waals surface area (Å²) in [5, 5.41) is 8.90. The van der Waals surface area contributed by atoms with E-state index in [0.29, 0.717) is 10.9 Å². The molecule has 0 unspecified atom stereocenters. The van der Waals surface area contributed by atoms with E-state index in [1.54, 1.807) is 0 Å². The van der Waals surface area contributed by atoms with Gasteiger partial charge in [0.05, 0.1) is 0 Å². The van der Waals surface area contributed by atoms with Crippen LogP contribution in [0.4, 0.5) is 9.18 Å². The fourth-order valence-corrected chi connectivity index (χ4v) is 1.23. The van der Waals surface area contributed by atoms with E-state index in [9.17, 15) is 9.18 Å². The number of aromatic amines is 1. The lowest BCUT2D eigenvalue weighted by Gasteiger charge is -1.91. The van der Waals surface area contributed by atoms with Gasteiger partial charge >= 0.3 is 6.16 Å². The molecule has 2 aromatic rings. The molecule has 0 aliphatic carbocycles. The number of aromatic nitrogens is 1. The summed E-state index contributed by atoms with van der Waals surface area (Å²) < 4.78 is 17.1. The Hall–Kier alpha value is -2.04. The Labute approximate surface area is 77.9 Å². The van der Waals surface area contributed by atoms with Gasteiger partial charge in [-0.1, -0.05) is 0 Å². The highest BCUT2D eigenvalue weighted by molar-refractivity contribution is 5.82. The third kappa shape index (κ3) is 1.52. The van der Waals surface area contributed by atoms with E-state index in [4.69, 9.17) is 5.11 Å². The van der Waals surface area contributed by atoms with Crippen molar-refractivity contribution < 1.29 is 19.0 Å². The summed E-state index contributed by atoms with van der Waals surface area (Å²) in [4.78, 5) is 12.9. The molecule has 0 aliphatic rings. The first-order valence-corrected chi connectivity index (χ1v) is 3.84. The second kappa shape index (κ2) is 3.02. The Morgan fingerprint density at radius 2 is 2.21 bits per heavy atom. The summed E-state index contributed by atoms with van der Waals surface area (Å²) >= 11 is 0. The number of fused-ring (bicyclic) bond motifs is 1. The summed E-state index contributed by atoms with van der Waals surface area (Å²) in [5.74, 6) is -0.295. The molecule has 14 heavy (non-hydrogen) atoms. The lowest BCUT2D eigenvalue weighted by atomic mass is 10.2. The lowest BCUT2D eigenvalue weighted by Crippen LogP contribution is -2.02. The van der Waals surface area contributed by atoms with Crippen molar-refractivity contribution in [3.8, 4) is 5.88 Å². The van der Waals surface area contributed by atoms with Gasteiger partial charge in [-0.25, -0.2) is 9.18 Å². The summed E-state index contributed by atoms with van der Waals surface area (Å²) in [6.45, 7) is 0. The van der Waals surface area contributed by atoms with Crippen molar-refractivity contribution in [2.24, 2.45) is 0 Å². The average Bonchev–Trinajstić information content (AvgIpc) is 2.44. The van der Waals surface area contributed by atoms with E-state index in [1.807, 2.05) is 0 Å². The van der Waals surface area contributed by atoms with Crippen LogP contribution in [0.2, 0.25) is 0 Å². The molecule has 0 saturated carbocycles. The van der Waals surface area contributed by atoms with Crippen LogP contribution in [-0.4, -0.2) is 16.2 Å². The van der Waals surface area contributed by atoms with Crippen molar-refractivity contribution in [3.63, 3.8) is 0 Å². The van der Waals surface area contributed by atoms with Crippen molar-refractivity contribution in [1.82, 2.24) is 4.98 Å². The Bertz CT molecular complexity index is 492. The monoisotopic (exact) mass is 195 g/mol. The highest BCUT2D eigenvalue weighted by Gasteiger charge is 2.05. The van der Waals surface area contributed by atoms with Crippen LogP contribution in [0.3, 0.4) is 0 Å². The molecule has 0 bridgehead atoms. The molecule has 0 spiro atoms. The molecule has 1 aromatic heterocycles. The first kappa shape index (κ1) is 8.55. The highest BCUT2D eigenvalue weighted by atomic mass is 19.1. The molecule has 2 N–H and O–H groups in total. The van der Waals surface area contributed by atoms with Crippen LogP contribution < -0.4 is 4.74 Å². The molecule has 0 fully saturated rings. The summed E-state index contributed by atoms with van der Waals surface area (Å²) in [6.07, 6.45) is -1.41. The molecular weight excluding hydrogens is 189 g/mol. The van der Waals surface area contributed by atoms with E-state index in [-0.39, 0.29) is 11.7 Å². The van der Waals surface area contributed by atoms with Crippen LogP contribution in [0.25, 0.3) is 10.9 Å². The number of nitrogens with one attached hydrogen (secondary N) is 1. The Kier molecular flexibility index (Phi) is 1.85. The molecule has 1 heterocycles. The van der Waals surface area contributed by atoms with E-state index in [1.165, 1.54) is 24.3 Å². The summed E-state index contributed by atoms with van der Waals surface area (Å²) in [5.41, 5.74) is 0.627. The fourth-order valence-electron chi connectivity index (χ4n) is 1.23. The second-order valence-electron chi connectivity index (χ2n) is 2.73. The number of hydrogen-bond donors (Lipinski definition) is 2. The number of hydrogen-bond acceptors (Lipinski definition) is 2. The van der Waals surface area contributed by atoms with Crippen molar-refractivity contribution in [2.75, 3.05) is 0 Å². The number of rotatable bonds is 1.